The van der Waals surface area contributed by atoms with Crippen LogP contribution in [0.1, 0.15) is 25.0 Å². The van der Waals surface area contributed by atoms with Crippen LogP contribution in [-0.4, -0.2) is 20.7 Å². The molecule has 0 atom stereocenters. The van der Waals surface area contributed by atoms with E-state index in [-0.39, 0.29) is 5.21 Å². The second-order valence-corrected chi connectivity index (χ2v) is 6.13. The molecule has 0 N–H and O–H groups in total. The summed E-state index contributed by atoms with van der Waals surface area (Å²) in [6.45, 7) is 6.72. The Labute approximate surface area is 118 Å². The summed E-state index contributed by atoms with van der Waals surface area (Å²) in [7, 11) is 4.59. The maximum absolute atomic E-state index is 4.66. The molecule has 0 radical (unpaired) electrons. The van der Waals surface area contributed by atoms with E-state index in [0.717, 1.165) is 5.69 Å². The molecule has 0 bridgehead atoms. The summed E-state index contributed by atoms with van der Waals surface area (Å²) in [4.78, 5) is 4.66. The van der Waals surface area contributed by atoms with Crippen LogP contribution in [0.25, 0.3) is 11.3 Å². The maximum Gasteiger partial charge on any atom is 0.105 e. The van der Waals surface area contributed by atoms with E-state index in [1.54, 1.807) is 0 Å². The average molecular weight is 249 g/mol. The third kappa shape index (κ3) is 2.75. The normalized spacial score (nSPS) is 11.8. The van der Waals surface area contributed by atoms with E-state index in [1.165, 1.54) is 16.7 Å². The maximum atomic E-state index is 4.66. The average Bonchev–Trinajstić information content (AvgIpc) is 2.39. The van der Waals surface area contributed by atoms with Crippen molar-refractivity contribution in [2.24, 2.45) is 5.92 Å². The fourth-order valence-electron chi connectivity index (χ4n) is 2.31. The fraction of sp³-hybridized carbons (Fsp3) is 0.312. The molecule has 0 saturated carbocycles. The lowest BCUT2D eigenvalue weighted by Crippen LogP contribution is -2.34. The minimum absolute atomic E-state index is 0.159. The van der Waals surface area contributed by atoms with Gasteiger partial charge < -0.3 is 0 Å². The number of benzene rings is 1. The second-order valence-electron chi connectivity index (χ2n) is 6.13. The van der Waals surface area contributed by atoms with Gasteiger partial charge in [0.1, 0.15) is 15.7 Å². The van der Waals surface area contributed by atoms with Gasteiger partial charge in [0.05, 0.1) is 5.69 Å². The lowest BCUT2D eigenvalue weighted by atomic mass is 9.45. The Morgan fingerprint density at radius 1 is 1.11 bits per heavy atom. The third-order valence-electron chi connectivity index (χ3n) is 4.32. The van der Waals surface area contributed by atoms with E-state index in [9.17, 15) is 0 Å². The Kier molecular flexibility index (Phi) is 3.84. The van der Waals surface area contributed by atoms with Crippen molar-refractivity contribution in [3.63, 3.8) is 0 Å². The van der Waals surface area contributed by atoms with Gasteiger partial charge in [-0.2, -0.15) is 0 Å². The summed E-state index contributed by atoms with van der Waals surface area (Å²) in [5.41, 5.74) is 4.91. The quantitative estimate of drug-likeness (QED) is 0.759. The molecule has 2 aromatic rings. The molecular weight excluding hydrogens is 228 g/mol. The van der Waals surface area contributed by atoms with Crippen molar-refractivity contribution in [2.75, 3.05) is 0 Å². The molecule has 1 nitrogen and oxygen atoms in total. The predicted octanol–water partition coefficient (Wildman–Crippen LogP) is 2.13. The number of aryl methyl sites for hydroxylation is 1. The molecule has 0 amide bonds. The number of nitrogens with zero attached hydrogens (tertiary/aromatic N) is 1. The predicted molar refractivity (Wildman–Crippen MR) is 88.0 cm³/mol. The first-order valence-corrected chi connectivity index (χ1v) is 6.95. The van der Waals surface area contributed by atoms with Crippen LogP contribution >= 0.6 is 0 Å². The third-order valence-corrected chi connectivity index (χ3v) is 4.32. The van der Waals surface area contributed by atoms with E-state index in [4.69, 9.17) is 0 Å². The van der Waals surface area contributed by atoms with Crippen LogP contribution in [0.3, 0.4) is 0 Å². The summed E-state index contributed by atoms with van der Waals surface area (Å²) >= 11 is 0. The topological polar surface area (TPSA) is 12.9 Å². The first-order valence-electron chi connectivity index (χ1n) is 6.95. The van der Waals surface area contributed by atoms with Crippen molar-refractivity contribution in [1.82, 2.24) is 4.98 Å². The Balaban J connectivity index is 2.44. The van der Waals surface area contributed by atoms with Gasteiger partial charge in [-0.3, -0.25) is 4.98 Å². The monoisotopic (exact) mass is 249 g/mol. The minimum Gasteiger partial charge on any atom is -0.256 e. The molecule has 1 heterocycles. The molecule has 0 fully saturated rings. The molecule has 0 aliphatic heterocycles. The van der Waals surface area contributed by atoms with Gasteiger partial charge in [0.25, 0.3) is 0 Å². The van der Waals surface area contributed by atoms with Crippen molar-refractivity contribution < 1.29 is 0 Å². The van der Waals surface area contributed by atoms with Crippen molar-refractivity contribution in [1.29, 1.82) is 0 Å². The molecule has 1 aromatic heterocycles. The van der Waals surface area contributed by atoms with Crippen molar-refractivity contribution in [2.45, 2.75) is 26.0 Å². The number of rotatable bonds is 3. The van der Waals surface area contributed by atoms with Crippen molar-refractivity contribution in [3.05, 3.63) is 53.7 Å². The zero-order chi connectivity index (χ0) is 14.0. The lowest BCUT2D eigenvalue weighted by molar-refractivity contribution is 0.566. The summed E-state index contributed by atoms with van der Waals surface area (Å²) < 4.78 is 0. The Morgan fingerprint density at radius 3 is 2.26 bits per heavy atom. The zero-order valence-electron chi connectivity index (χ0n) is 12.6. The van der Waals surface area contributed by atoms with Gasteiger partial charge in [-0.25, -0.2) is 0 Å². The highest BCUT2D eigenvalue weighted by Crippen LogP contribution is 2.29. The largest absolute Gasteiger partial charge is 0.256 e. The molecule has 0 saturated heterocycles. The summed E-state index contributed by atoms with van der Waals surface area (Å²) in [5.74, 6) is 0.593. The standard InChI is InChI=1S/C16H21B2N/c1-11(2)16(17,18)14-10-19-15(9-12(14)3)13-7-5-4-6-8-13/h4-11H,17-18H2,1-3H3. The van der Waals surface area contributed by atoms with Crippen LogP contribution in [0.4, 0.5) is 0 Å². The molecule has 0 aliphatic rings. The molecule has 2 rings (SSSR count). The highest BCUT2D eigenvalue weighted by atomic mass is 14.7. The Morgan fingerprint density at radius 2 is 1.74 bits per heavy atom. The molecule has 19 heavy (non-hydrogen) atoms. The van der Waals surface area contributed by atoms with Gasteiger partial charge in [0.2, 0.25) is 0 Å². The number of pyridine rings is 1. The van der Waals surface area contributed by atoms with Crippen LogP contribution in [0.2, 0.25) is 0 Å². The lowest BCUT2D eigenvalue weighted by Gasteiger charge is -2.31. The zero-order valence-corrected chi connectivity index (χ0v) is 12.6. The van der Waals surface area contributed by atoms with Crippen LogP contribution < -0.4 is 0 Å². The Hall–Kier alpha value is -1.50. The second kappa shape index (κ2) is 5.24. The van der Waals surface area contributed by atoms with Gasteiger partial charge in [-0.15, -0.1) is 0 Å². The summed E-state index contributed by atoms with van der Waals surface area (Å²) in [6, 6.07) is 12.6. The first-order chi connectivity index (χ1) is 8.93. The van der Waals surface area contributed by atoms with E-state index >= 15 is 0 Å². The van der Waals surface area contributed by atoms with Crippen LogP contribution in [-0.2, 0) is 5.21 Å². The van der Waals surface area contributed by atoms with E-state index in [1.807, 2.05) is 6.07 Å². The van der Waals surface area contributed by atoms with Gasteiger partial charge in [-0.05, 0) is 24.1 Å². The van der Waals surface area contributed by atoms with Crippen LogP contribution in [0.15, 0.2) is 42.6 Å². The molecule has 96 valence electrons. The van der Waals surface area contributed by atoms with Crippen molar-refractivity contribution in [3.8, 4) is 11.3 Å². The molecule has 0 spiro atoms. The molecule has 1 aromatic carbocycles. The van der Waals surface area contributed by atoms with Gasteiger partial charge in [-0.1, -0.05) is 55.3 Å². The molecule has 0 unspecified atom stereocenters. The molecule has 0 aliphatic carbocycles. The van der Waals surface area contributed by atoms with E-state index in [0.29, 0.717) is 5.92 Å². The number of hydrogen-bond acceptors (Lipinski definition) is 1. The van der Waals surface area contributed by atoms with Gasteiger partial charge in [0.15, 0.2) is 0 Å². The highest BCUT2D eigenvalue weighted by Gasteiger charge is 2.26. The van der Waals surface area contributed by atoms with Gasteiger partial charge >= 0.3 is 0 Å². The van der Waals surface area contributed by atoms with Crippen molar-refractivity contribution >= 4 is 15.7 Å². The number of aromatic nitrogens is 1. The van der Waals surface area contributed by atoms with E-state index in [2.05, 4.69) is 78.0 Å². The SMILES string of the molecule is BC(B)(c1cnc(-c2ccccc2)cc1C)C(C)C. The minimum atomic E-state index is 0.159. The molecule has 3 heteroatoms. The first kappa shape index (κ1) is 13.9. The van der Waals surface area contributed by atoms with Crippen LogP contribution in [0, 0.1) is 12.8 Å². The smallest absolute Gasteiger partial charge is 0.105 e. The summed E-state index contributed by atoms with van der Waals surface area (Å²) in [5, 5.41) is 0.159. The summed E-state index contributed by atoms with van der Waals surface area (Å²) in [6.07, 6.45) is 2.05. The Bertz CT molecular complexity index is 562. The van der Waals surface area contributed by atoms with Crippen LogP contribution in [0.5, 0.6) is 0 Å². The van der Waals surface area contributed by atoms with Gasteiger partial charge in [0, 0.05) is 11.8 Å². The molecular formula is C16H21B2N. The fourth-order valence-corrected chi connectivity index (χ4v) is 2.31. The van der Waals surface area contributed by atoms with E-state index < -0.39 is 0 Å². The highest BCUT2D eigenvalue weighted by molar-refractivity contribution is 6.40. The number of hydrogen-bond donors (Lipinski definition) is 0.